The van der Waals surface area contributed by atoms with Gasteiger partial charge in [-0.15, -0.1) is 0 Å². The SMILES string of the molecule is Cc1cc(NC(=O)c2cn[nH]n2)on1. The van der Waals surface area contributed by atoms with Gasteiger partial charge in [0, 0.05) is 6.07 Å². The average molecular weight is 193 g/mol. The van der Waals surface area contributed by atoms with Crippen molar-refractivity contribution in [1.82, 2.24) is 20.6 Å². The molecule has 2 aromatic heterocycles. The van der Waals surface area contributed by atoms with Gasteiger partial charge in [0.1, 0.15) is 0 Å². The van der Waals surface area contributed by atoms with Gasteiger partial charge in [0.2, 0.25) is 5.88 Å². The first-order chi connectivity index (χ1) is 6.75. The molecule has 0 bridgehead atoms. The number of nitrogens with one attached hydrogen (secondary N) is 2. The number of rotatable bonds is 2. The maximum atomic E-state index is 11.4. The van der Waals surface area contributed by atoms with E-state index < -0.39 is 5.91 Å². The predicted molar refractivity (Wildman–Crippen MR) is 45.6 cm³/mol. The minimum absolute atomic E-state index is 0.194. The molecule has 0 aromatic carbocycles. The van der Waals surface area contributed by atoms with Gasteiger partial charge in [-0.2, -0.15) is 15.4 Å². The van der Waals surface area contributed by atoms with Gasteiger partial charge in [-0.05, 0) is 6.92 Å². The molecule has 0 unspecified atom stereocenters. The number of H-pyrrole nitrogens is 1. The summed E-state index contributed by atoms with van der Waals surface area (Å²) in [5, 5.41) is 15.5. The van der Waals surface area contributed by atoms with Crippen LogP contribution >= 0.6 is 0 Å². The fourth-order valence-corrected chi connectivity index (χ4v) is 0.909. The number of aromatic amines is 1. The average Bonchev–Trinajstić information content (AvgIpc) is 2.75. The Balaban J connectivity index is 2.09. The third kappa shape index (κ3) is 1.60. The first kappa shape index (κ1) is 8.42. The van der Waals surface area contributed by atoms with Gasteiger partial charge in [0.15, 0.2) is 5.69 Å². The summed E-state index contributed by atoms with van der Waals surface area (Å²) in [5.74, 6) is -0.106. The van der Waals surface area contributed by atoms with Gasteiger partial charge < -0.3 is 4.52 Å². The molecule has 2 heterocycles. The molecule has 0 radical (unpaired) electrons. The minimum atomic E-state index is -0.394. The van der Waals surface area contributed by atoms with Crippen molar-refractivity contribution >= 4 is 11.8 Å². The third-order valence-electron chi connectivity index (χ3n) is 1.51. The molecule has 0 atom stereocenters. The number of amides is 1. The molecular formula is C7H7N5O2. The van der Waals surface area contributed by atoms with Crippen LogP contribution in [0, 0.1) is 6.92 Å². The number of aryl methyl sites for hydroxylation is 1. The fourth-order valence-electron chi connectivity index (χ4n) is 0.909. The Hall–Kier alpha value is -2.18. The van der Waals surface area contributed by atoms with E-state index in [0.717, 1.165) is 0 Å². The smallest absolute Gasteiger partial charge is 0.280 e. The van der Waals surface area contributed by atoms with Crippen molar-refractivity contribution in [2.75, 3.05) is 5.32 Å². The lowest BCUT2D eigenvalue weighted by Gasteiger charge is -1.94. The maximum absolute atomic E-state index is 11.4. The summed E-state index contributed by atoms with van der Waals surface area (Å²) in [5.41, 5.74) is 0.888. The molecule has 2 aromatic rings. The Bertz CT molecular complexity index is 433. The third-order valence-corrected chi connectivity index (χ3v) is 1.51. The number of carbonyl (C=O) groups excluding carboxylic acids is 1. The zero-order valence-electron chi connectivity index (χ0n) is 7.31. The topological polar surface area (TPSA) is 96.7 Å². The summed E-state index contributed by atoms with van der Waals surface area (Å²) in [6.45, 7) is 1.76. The molecule has 0 aliphatic heterocycles. The number of aromatic nitrogens is 4. The van der Waals surface area contributed by atoms with Crippen molar-refractivity contribution in [3.8, 4) is 0 Å². The molecule has 7 heteroatoms. The van der Waals surface area contributed by atoms with Crippen molar-refractivity contribution in [3.63, 3.8) is 0 Å². The molecule has 0 saturated carbocycles. The Morgan fingerprint density at radius 2 is 2.50 bits per heavy atom. The number of carbonyl (C=O) groups is 1. The Labute approximate surface area is 78.5 Å². The molecule has 7 nitrogen and oxygen atoms in total. The Morgan fingerprint density at radius 1 is 1.64 bits per heavy atom. The van der Waals surface area contributed by atoms with Crippen molar-refractivity contribution in [2.24, 2.45) is 0 Å². The molecule has 0 saturated heterocycles. The molecule has 14 heavy (non-hydrogen) atoms. The van der Waals surface area contributed by atoms with E-state index in [-0.39, 0.29) is 11.6 Å². The number of hydrogen-bond donors (Lipinski definition) is 2. The van der Waals surface area contributed by atoms with Gasteiger partial charge in [0.25, 0.3) is 5.91 Å². The van der Waals surface area contributed by atoms with Gasteiger partial charge in [-0.1, -0.05) is 5.16 Å². The lowest BCUT2D eigenvalue weighted by atomic mass is 10.4. The van der Waals surface area contributed by atoms with Crippen molar-refractivity contribution < 1.29 is 9.32 Å². The standard InChI is InChI=1S/C7H7N5O2/c1-4-2-6(14-11-4)9-7(13)5-3-8-12-10-5/h2-3H,1H3,(H,9,13)(H,8,10,12). The summed E-state index contributed by atoms with van der Waals surface area (Å²) in [6.07, 6.45) is 1.32. The van der Waals surface area contributed by atoms with Crippen LogP contribution in [0.4, 0.5) is 5.88 Å². The summed E-state index contributed by atoms with van der Waals surface area (Å²) >= 11 is 0. The monoisotopic (exact) mass is 193 g/mol. The van der Waals surface area contributed by atoms with Crippen LogP contribution in [-0.4, -0.2) is 26.5 Å². The van der Waals surface area contributed by atoms with E-state index in [1.807, 2.05) is 0 Å². The molecule has 0 spiro atoms. The lowest BCUT2D eigenvalue weighted by Crippen LogP contribution is -2.11. The summed E-state index contributed by atoms with van der Waals surface area (Å²) in [7, 11) is 0. The van der Waals surface area contributed by atoms with Crippen LogP contribution in [0.1, 0.15) is 16.2 Å². The second kappa shape index (κ2) is 3.29. The first-order valence-electron chi connectivity index (χ1n) is 3.86. The van der Waals surface area contributed by atoms with Crippen LogP contribution in [0.15, 0.2) is 16.8 Å². The lowest BCUT2D eigenvalue weighted by molar-refractivity contribution is 0.101. The number of nitrogens with zero attached hydrogens (tertiary/aromatic N) is 3. The number of hydrogen-bond acceptors (Lipinski definition) is 5. The number of anilines is 1. The van der Waals surface area contributed by atoms with Crippen LogP contribution in [0.3, 0.4) is 0 Å². The van der Waals surface area contributed by atoms with Gasteiger partial charge >= 0.3 is 0 Å². The molecule has 1 amide bonds. The van der Waals surface area contributed by atoms with E-state index in [4.69, 9.17) is 4.52 Å². The van der Waals surface area contributed by atoms with E-state index >= 15 is 0 Å². The molecule has 0 fully saturated rings. The highest BCUT2D eigenvalue weighted by molar-refractivity contribution is 6.01. The highest BCUT2D eigenvalue weighted by atomic mass is 16.5. The quantitative estimate of drug-likeness (QED) is 0.717. The molecular weight excluding hydrogens is 186 g/mol. The normalized spacial score (nSPS) is 10.1. The Kier molecular flexibility index (Phi) is 1.98. The largest absolute Gasteiger partial charge is 0.338 e. The van der Waals surface area contributed by atoms with Crippen LogP contribution in [0.2, 0.25) is 0 Å². The van der Waals surface area contributed by atoms with Gasteiger partial charge in [-0.3, -0.25) is 10.1 Å². The molecule has 0 aliphatic carbocycles. The minimum Gasteiger partial charge on any atom is -0.338 e. The molecule has 2 N–H and O–H groups in total. The van der Waals surface area contributed by atoms with Gasteiger partial charge in [-0.25, -0.2) is 0 Å². The van der Waals surface area contributed by atoms with Crippen LogP contribution < -0.4 is 5.32 Å². The van der Waals surface area contributed by atoms with E-state index in [2.05, 4.69) is 25.9 Å². The van der Waals surface area contributed by atoms with Crippen LogP contribution in [0.5, 0.6) is 0 Å². The zero-order chi connectivity index (χ0) is 9.97. The molecule has 72 valence electrons. The fraction of sp³-hybridized carbons (Fsp3) is 0.143. The second-order valence-corrected chi connectivity index (χ2v) is 2.64. The van der Waals surface area contributed by atoms with E-state index in [0.29, 0.717) is 5.69 Å². The summed E-state index contributed by atoms with van der Waals surface area (Å²) in [4.78, 5) is 11.4. The highest BCUT2D eigenvalue weighted by Crippen LogP contribution is 2.09. The van der Waals surface area contributed by atoms with E-state index in [1.165, 1.54) is 6.20 Å². The second-order valence-electron chi connectivity index (χ2n) is 2.64. The van der Waals surface area contributed by atoms with E-state index in [9.17, 15) is 4.79 Å². The molecule has 2 rings (SSSR count). The summed E-state index contributed by atoms with van der Waals surface area (Å²) < 4.78 is 4.79. The van der Waals surface area contributed by atoms with Gasteiger partial charge in [0.05, 0.1) is 11.9 Å². The molecule has 0 aliphatic rings. The summed E-state index contributed by atoms with van der Waals surface area (Å²) in [6, 6.07) is 1.61. The van der Waals surface area contributed by atoms with Crippen LogP contribution in [0.25, 0.3) is 0 Å². The van der Waals surface area contributed by atoms with Crippen molar-refractivity contribution in [2.45, 2.75) is 6.92 Å². The zero-order valence-corrected chi connectivity index (χ0v) is 7.31. The first-order valence-corrected chi connectivity index (χ1v) is 3.86. The maximum Gasteiger partial charge on any atom is 0.280 e. The van der Waals surface area contributed by atoms with Crippen LogP contribution in [-0.2, 0) is 0 Å². The van der Waals surface area contributed by atoms with Crippen molar-refractivity contribution in [3.05, 3.63) is 23.7 Å². The Morgan fingerprint density at radius 3 is 3.07 bits per heavy atom. The predicted octanol–water partition coefficient (Wildman–Crippen LogP) is 0.353. The highest BCUT2D eigenvalue weighted by Gasteiger charge is 2.10. The van der Waals surface area contributed by atoms with Crippen molar-refractivity contribution in [1.29, 1.82) is 0 Å². The van der Waals surface area contributed by atoms with E-state index in [1.54, 1.807) is 13.0 Å².